The summed E-state index contributed by atoms with van der Waals surface area (Å²) in [4.78, 5) is 4.59. The third kappa shape index (κ3) is 5.38. The van der Waals surface area contributed by atoms with Gasteiger partial charge in [0.15, 0.2) is 0 Å². The molecule has 1 atom stereocenters. The molecule has 0 saturated heterocycles. The predicted octanol–water partition coefficient (Wildman–Crippen LogP) is 2.32. The van der Waals surface area contributed by atoms with Gasteiger partial charge in [0.05, 0.1) is 12.4 Å². The molecule has 0 heterocycles. The first-order chi connectivity index (χ1) is 8.98. The zero-order chi connectivity index (χ0) is 14.9. The SMILES string of the molecule is CCC.CONP(=O)(OC)c1cc(F)ccc1CN. The molecule has 7 heteroatoms. The molecule has 0 aliphatic heterocycles. The van der Waals surface area contributed by atoms with Crippen LogP contribution in [-0.4, -0.2) is 14.2 Å². The molecule has 1 aromatic rings. The van der Waals surface area contributed by atoms with Gasteiger partial charge in [-0.25, -0.2) is 4.39 Å². The normalized spacial score (nSPS) is 13.4. The van der Waals surface area contributed by atoms with E-state index in [4.69, 9.17) is 10.3 Å². The highest BCUT2D eigenvalue weighted by Crippen LogP contribution is 2.41. The van der Waals surface area contributed by atoms with Crippen LogP contribution in [0.2, 0.25) is 0 Å². The smallest absolute Gasteiger partial charge is 0.322 e. The van der Waals surface area contributed by atoms with Gasteiger partial charge >= 0.3 is 7.52 Å². The second kappa shape index (κ2) is 9.18. The van der Waals surface area contributed by atoms with Gasteiger partial charge in [0.1, 0.15) is 5.82 Å². The van der Waals surface area contributed by atoms with Gasteiger partial charge in [0, 0.05) is 13.7 Å². The molecule has 1 unspecified atom stereocenters. The summed E-state index contributed by atoms with van der Waals surface area (Å²) in [5.74, 6) is -0.512. The maximum absolute atomic E-state index is 13.1. The number of hydrogen-bond donors (Lipinski definition) is 2. The summed E-state index contributed by atoms with van der Waals surface area (Å²) in [6, 6.07) is 3.84. The average molecular weight is 292 g/mol. The molecule has 0 amide bonds. The van der Waals surface area contributed by atoms with Gasteiger partial charge in [0.25, 0.3) is 0 Å². The lowest BCUT2D eigenvalue weighted by Crippen LogP contribution is -2.24. The highest BCUT2D eigenvalue weighted by Gasteiger charge is 2.27. The van der Waals surface area contributed by atoms with Gasteiger partial charge in [0.2, 0.25) is 0 Å². The molecule has 19 heavy (non-hydrogen) atoms. The summed E-state index contributed by atoms with van der Waals surface area (Å²) < 4.78 is 30.2. The molecule has 0 saturated carbocycles. The van der Waals surface area contributed by atoms with Crippen molar-refractivity contribution in [2.24, 2.45) is 5.73 Å². The Bertz CT molecular complexity index is 429. The lowest BCUT2D eigenvalue weighted by molar-refractivity contribution is 0.139. The molecule has 0 fully saturated rings. The Labute approximate surface area is 113 Å². The molecule has 0 spiro atoms. The lowest BCUT2D eigenvalue weighted by Gasteiger charge is -2.18. The van der Waals surface area contributed by atoms with Gasteiger partial charge in [-0.2, -0.15) is 0 Å². The number of nitrogens with one attached hydrogen (secondary N) is 1. The van der Waals surface area contributed by atoms with Crippen LogP contribution in [0.1, 0.15) is 25.8 Å². The third-order valence-electron chi connectivity index (χ3n) is 2.05. The topological polar surface area (TPSA) is 73.6 Å². The Balaban J connectivity index is 0.000000982. The fourth-order valence-electron chi connectivity index (χ4n) is 1.29. The van der Waals surface area contributed by atoms with Crippen molar-refractivity contribution >= 4 is 12.8 Å². The highest BCUT2D eigenvalue weighted by molar-refractivity contribution is 7.64. The predicted molar refractivity (Wildman–Crippen MR) is 74.7 cm³/mol. The van der Waals surface area contributed by atoms with Crippen LogP contribution in [0, 0.1) is 5.82 Å². The standard InChI is InChI=1S/C9H14FN2O3P.C3H8/c1-14-12-16(13,15-2)9-5-8(10)4-3-7(9)6-11;1-3-2/h3-5H,6,11H2,1-2H3,(H,12,13);3H2,1-2H3. The Kier molecular flexibility index (Phi) is 8.80. The van der Waals surface area contributed by atoms with Gasteiger partial charge in [-0.15, -0.1) is 5.25 Å². The van der Waals surface area contributed by atoms with Crippen molar-refractivity contribution in [3.63, 3.8) is 0 Å². The molecule has 3 N–H and O–H groups in total. The number of benzene rings is 1. The molecule has 0 aromatic heterocycles. The van der Waals surface area contributed by atoms with Gasteiger partial charge < -0.3 is 10.3 Å². The van der Waals surface area contributed by atoms with Crippen molar-refractivity contribution in [2.45, 2.75) is 26.8 Å². The summed E-state index contributed by atoms with van der Waals surface area (Å²) in [6.45, 7) is 4.38. The van der Waals surface area contributed by atoms with E-state index >= 15 is 0 Å². The minimum Gasteiger partial charge on any atom is -0.326 e. The Morgan fingerprint density at radius 1 is 1.37 bits per heavy atom. The molecule has 5 nitrogen and oxygen atoms in total. The summed E-state index contributed by atoms with van der Waals surface area (Å²) in [7, 11) is -0.879. The third-order valence-corrected chi connectivity index (χ3v) is 4.04. The molecule has 0 aliphatic rings. The quantitative estimate of drug-likeness (QED) is 0.643. The minimum atomic E-state index is -3.43. The van der Waals surface area contributed by atoms with E-state index in [-0.39, 0.29) is 11.8 Å². The van der Waals surface area contributed by atoms with E-state index in [9.17, 15) is 8.96 Å². The van der Waals surface area contributed by atoms with Gasteiger partial charge in [-0.05, 0) is 17.7 Å². The summed E-state index contributed by atoms with van der Waals surface area (Å²) in [5.41, 5.74) is 6.02. The van der Waals surface area contributed by atoms with Crippen LogP contribution >= 0.6 is 7.52 Å². The Morgan fingerprint density at radius 2 is 1.95 bits per heavy atom. The Morgan fingerprint density at radius 3 is 2.37 bits per heavy atom. The van der Waals surface area contributed by atoms with E-state index in [2.05, 4.69) is 23.9 Å². The molecule has 0 radical (unpaired) electrons. The lowest BCUT2D eigenvalue weighted by atomic mass is 10.2. The molecule has 0 bridgehead atoms. The van der Waals surface area contributed by atoms with Crippen LogP contribution in [0.25, 0.3) is 0 Å². The first-order valence-corrected chi connectivity index (χ1v) is 7.56. The summed E-state index contributed by atoms with van der Waals surface area (Å²) >= 11 is 0. The minimum absolute atomic E-state index is 0.133. The number of halogens is 1. The zero-order valence-electron chi connectivity index (χ0n) is 11.8. The zero-order valence-corrected chi connectivity index (χ0v) is 12.7. The van der Waals surface area contributed by atoms with Crippen LogP contribution in [0.5, 0.6) is 0 Å². The molecular formula is C12H22FN2O3P. The highest BCUT2D eigenvalue weighted by atomic mass is 31.2. The van der Waals surface area contributed by atoms with Crippen molar-refractivity contribution in [3.8, 4) is 0 Å². The fourth-order valence-corrected chi connectivity index (χ4v) is 2.74. The first-order valence-electron chi connectivity index (χ1n) is 5.94. The van der Waals surface area contributed by atoms with E-state index in [0.717, 1.165) is 6.07 Å². The number of nitrogens with two attached hydrogens (primary N) is 1. The van der Waals surface area contributed by atoms with Crippen LogP contribution in [-0.2, 0) is 20.5 Å². The van der Waals surface area contributed by atoms with Crippen LogP contribution < -0.4 is 16.3 Å². The monoisotopic (exact) mass is 292 g/mol. The first kappa shape index (κ1) is 18.2. The number of rotatable bonds is 5. The van der Waals surface area contributed by atoms with E-state index in [1.165, 1.54) is 32.8 Å². The second-order valence-electron chi connectivity index (χ2n) is 3.71. The van der Waals surface area contributed by atoms with Crippen molar-refractivity contribution in [3.05, 3.63) is 29.6 Å². The molecule has 1 rings (SSSR count). The van der Waals surface area contributed by atoms with Crippen molar-refractivity contribution in [2.75, 3.05) is 14.2 Å². The maximum atomic E-state index is 13.1. The van der Waals surface area contributed by atoms with Crippen LogP contribution in [0.3, 0.4) is 0 Å². The Hall–Kier alpha value is -0.780. The van der Waals surface area contributed by atoms with Crippen molar-refractivity contribution in [1.29, 1.82) is 0 Å². The van der Waals surface area contributed by atoms with Crippen molar-refractivity contribution < 1.29 is 18.3 Å². The maximum Gasteiger partial charge on any atom is 0.322 e. The fraction of sp³-hybridized carbons (Fsp3) is 0.500. The van der Waals surface area contributed by atoms with E-state index in [1.54, 1.807) is 0 Å². The largest absolute Gasteiger partial charge is 0.326 e. The summed E-state index contributed by atoms with van der Waals surface area (Å²) in [6.07, 6.45) is 1.25. The van der Waals surface area contributed by atoms with Gasteiger partial charge in [-0.1, -0.05) is 26.3 Å². The molecular weight excluding hydrogens is 270 g/mol. The van der Waals surface area contributed by atoms with E-state index in [1.807, 2.05) is 0 Å². The summed E-state index contributed by atoms with van der Waals surface area (Å²) in [5, 5.41) is 2.42. The van der Waals surface area contributed by atoms with Crippen LogP contribution in [0.4, 0.5) is 4.39 Å². The molecule has 110 valence electrons. The van der Waals surface area contributed by atoms with Crippen LogP contribution in [0.15, 0.2) is 18.2 Å². The average Bonchev–Trinajstić information content (AvgIpc) is 2.40. The van der Waals surface area contributed by atoms with Gasteiger partial charge in [-0.3, -0.25) is 9.40 Å². The molecule has 1 aromatic carbocycles. The number of hydrogen-bond acceptors (Lipinski definition) is 4. The van der Waals surface area contributed by atoms with Crippen molar-refractivity contribution in [1.82, 2.24) is 5.25 Å². The molecule has 0 aliphatic carbocycles. The second-order valence-corrected chi connectivity index (χ2v) is 5.85. The van der Waals surface area contributed by atoms with E-state index in [0.29, 0.717) is 5.56 Å². The van der Waals surface area contributed by atoms with E-state index < -0.39 is 13.3 Å².